The third-order valence-corrected chi connectivity index (χ3v) is 8.70. The molecule has 0 bridgehead atoms. The second-order valence-corrected chi connectivity index (χ2v) is 11.0. The summed E-state index contributed by atoms with van der Waals surface area (Å²) in [6, 6.07) is 27.5. The van der Waals surface area contributed by atoms with Gasteiger partial charge in [0.25, 0.3) is 0 Å². The minimum absolute atomic E-state index is 0.0680. The zero-order valence-corrected chi connectivity index (χ0v) is 21.3. The summed E-state index contributed by atoms with van der Waals surface area (Å²) in [7, 11) is 0. The maximum Gasteiger partial charge on any atom is 0.236 e. The molecule has 1 aliphatic heterocycles. The summed E-state index contributed by atoms with van der Waals surface area (Å²) in [5, 5.41) is 0. The van der Waals surface area contributed by atoms with Gasteiger partial charge in [-0.15, -0.1) is 0 Å². The zero-order valence-electron chi connectivity index (χ0n) is 21.3. The van der Waals surface area contributed by atoms with Crippen LogP contribution in [0.3, 0.4) is 0 Å². The lowest BCUT2D eigenvalue weighted by atomic mass is 9.68. The molecule has 2 heterocycles. The standard InChI is InChI=1S/C33H38N2O/c1-5-14-24(15-6-1)30(25-16-7-2-8-17-25)28-22-13-23-29(34-28)33-35-31(26-18-9-3-10-19-26)32(36-33)27-20-11-4-12-21-27/h3-4,9-13,18-25,30-32H,1-2,5-8,14-17H2. The highest BCUT2D eigenvalue weighted by Gasteiger charge is 2.36. The number of ether oxygens (including phenoxy) is 1. The number of benzene rings is 2. The molecule has 3 nitrogen and oxygen atoms in total. The number of aliphatic imine (C=N–C) groups is 1. The van der Waals surface area contributed by atoms with E-state index in [-0.39, 0.29) is 12.1 Å². The Hall–Kier alpha value is -2.94. The van der Waals surface area contributed by atoms with Crippen molar-refractivity contribution in [3.05, 3.63) is 101 Å². The van der Waals surface area contributed by atoms with Gasteiger partial charge >= 0.3 is 0 Å². The SMILES string of the molecule is c1ccc(C2N=C(c3cccc(C(C4CCCCC4)C4CCCCC4)n3)OC2c2ccccc2)cc1. The van der Waals surface area contributed by atoms with Gasteiger partial charge in [-0.1, -0.05) is 105 Å². The highest BCUT2D eigenvalue weighted by molar-refractivity contribution is 5.93. The molecule has 0 N–H and O–H groups in total. The Morgan fingerprint density at radius 2 is 1.19 bits per heavy atom. The van der Waals surface area contributed by atoms with Crippen LogP contribution in [-0.2, 0) is 4.74 Å². The molecule has 2 atom stereocenters. The zero-order chi connectivity index (χ0) is 24.2. The van der Waals surface area contributed by atoms with Crippen LogP contribution in [0.2, 0.25) is 0 Å². The monoisotopic (exact) mass is 478 g/mol. The van der Waals surface area contributed by atoms with E-state index in [9.17, 15) is 0 Å². The predicted molar refractivity (Wildman–Crippen MR) is 146 cm³/mol. The second-order valence-electron chi connectivity index (χ2n) is 11.0. The van der Waals surface area contributed by atoms with Crippen molar-refractivity contribution in [3.8, 4) is 0 Å². The molecule has 0 amide bonds. The maximum absolute atomic E-state index is 6.61. The van der Waals surface area contributed by atoms with Crippen molar-refractivity contribution in [2.75, 3.05) is 0 Å². The summed E-state index contributed by atoms with van der Waals surface area (Å²) < 4.78 is 6.61. The molecule has 3 aliphatic rings. The highest BCUT2D eigenvalue weighted by Crippen LogP contribution is 2.46. The first-order chi connectivity index (χ1) is 17.9. The van der Waals surface area contributed by atoms with Gasteiger partial charge in [-0.2, -0.15) is 0 Å². The lowest BCUT2D eigenvalue weighted by molar-refractivity contribution is 0.194. The minimum atomic E-state index is -0.137. The van der Waals surface area contributed by atoms with Crippen molar-refractivity contribution in [2.24, 2.45) is 16.8 Å². The molecule has 3 heteroatoms. The average molecular weight is 479 g/mol. The van der Waals surface area contributed by atoms with Gasteiger partial charge < -0.3 is 4.74 Å². The van der Waals surface area contributed by atoms with E-state index in [1.54, 1.807) is 0 Å². The van der Waals surface area contributed by atoms with Crippen LogP contribution in [0.4, 0.5) is 0 Å². The maximum atomic E-state index is 6.61. The van der Waals surface area contributed by atoms with Gasteiger partial charge in [0, 0.05) is 11.6 Å². The Kier molecular flexibility index (Phi) is 7.16. The molecule has 2 aliphatic carbocycles. The lowest BCUT2D eigenvalue weighted by Crippen LogP contribution is -2.26. The molecule has 2 saturated carbocycles. The summed E-state index contributed by atoms with van der Waals surface area (Å²) in [5.74, 6) is 2.79. The van der Waals surface area contributed by atoms with E-state index in [2.05, 4.69) is 78.9 Å². The van der Waals surface area contributed by atoms with Gasteiger partial charge in [0.2, 0.25) is 5.90 Å². The average Bonchev–Trinajstić information content (AvgIpc) is 3.41. The molecule has 1 aromatic heterocycles. The van der Waals surface area contributed by atoms with Crippen molar-refractivity contribution < 1.29 is 4.74 Å². The molecule has 0 saturated heterocycles. The van der Waals surface area contributed by atoms with Crippen LogP contribution in [0.25, 0.3) is 0 Å². The number of nitrogens with zero attached hydrogens (tertiary/aromatic N) is 2. The van der Waals surface area contributed by atoms with E-state index in [4.69, 9.17) is 14.7 Å². The third kappa shape index (κ3) is 4.98. The van der Waals surface area contributed by atoms with Crippen molar-refractivity contribution in [1.82, 2.24) is 4.98 Å². The van der Waals surface area contributed by atoms with Crippen molar-refractivity contribution in [3.63, 3.8) is 0 Å². The number of pyridine rings is 1. The van der Waals surface area contributed by atoms with Crippen molar-refractivity contribution in [1.29, 1.82) is 0 Å². The molecule has 3 aromatic rings. The van der Waals surface area contributed by atoms with Gasteiger partial charge in [-0.3, -0.25) is 0 Å². The Labute approximate surface area is 216 Å². The van der Waals surface area contributed by atoms with Crippen molar-refractivity contribution in [2.45, 2.75) is 82.3 Å². The summed E-state index contributed by atoms with van der Waals surface area (Å²) in [4.78, 5) is 10.4. The molecule has 186 valence electrons. The van der Waals surface area contributed by atoms with Crippen LogP contribution < -0.4 is 0 Å². The number of hydrogen-bond acceptors (Lipinski definition) is 3. The van der Waals surface area contributed by atoms with Crippen LogP contribution in [0.15, 0.2) is 83.9 Å². The van der Waals surface area contributed by atoms with E-state index < -0.39 is 0 Å². The molecule has 36 heavy (non-hydrogen) atoms. The molecular formula is C33H38N2O. The van der Waals surface area contributed by atoms with Crippen LogP contribution in [0, 0.1) is 11.8 Å². The number of aromatic nitrogens is 1. The van der Waals surface area contributed by atoms with E-state index in [0.29, 0.717) is 11.8 Å². The largest absolute Gasteiger partial charge is 0.465 e. The Bertz CT molecular complexity index is 1130. The molecule has 2 unspecified atom stereocenters. The predicted octanol–water partition coefficient (Wildman–Crippen LogP) is 8.59. The highest BCUT2D eigenvalue weighted by atomic mass is 16.5. The second kappa shape index (κ2) is 11.0. The molecule has 6 rings (SSSR count). The topological polar surface area (TPSA) is 34.5 Å². The summed E-state index contributed by atoms with van der Waals surface area (Å²) in [5.41, 5.74) is 4.50. The molecule has 2 fully saturated rings. The van der Waals surface area contributed by atoms with Crippen LogP contribution in [0.5, 0.6) is 0 Å². The fourth-order valence-corrected chi connectivity index (χ4v) is 6.94. The van der Waals surface area contributed by atoms with E-state index in [1.165, 1.54) is 75.5 Å². The normalized spacial score (nSPS) is 23.4. The van der Waals surface area contributed by atoms with Gasteiger partial charge in [0.15, 0.2) is 6.10 Å². The van der Waals surface area contributed by atoms with Crippen LogP contribution in [0.1, 0.15) is 105 Å². The fourth-order valence-electron chi connectivity index (χ4n) is 6.94. The first-order valence-electron chi connectivity index (χ1n) is 14.2. The van der Waals surface area contributed by atoms with E-state index in [0.717, 1.165) is 23.1 Å². The van der Waals surface area contributed by atoms with E-state index >= 15 is 0 Å². The van der Waals surface area contributed by atoms with Crippen LogP contribution in [-0.4, -0.2) is 10.9 Å². The smallest absolute Gasteiger partial charge is 0.236 e. The van der Waals surface area contributed by atoms with E-state index in [1.807, 2.05) is 0 Å². The van der Waals surface area contributed by atoms with Crippen molar-refractivity contribution >= 4 is 5.90 Å². The minimum Gasteiger partial charge on any atom is -0.465 e. The summed E-state index contributed by atoms with van der Waals surface area (Å²) in [6.07, 6.45) is 13.6. The first kappa shape index (κ1) is 23.5. The molecule has 0 radical (unpaired) electrons. The Balaban J connectivity index is 1.34. The number of hydrogen-bond donors (Lipinski definition) is 0. The molecule has 2 aromatic carbocycles. The quantitative estimate of drug-likeness (QED) is 0.355. The van der Waals surface area contributed by atoms with Gasteiger partial charge in [0.05, 0.1) is 0 Å². The van der Waals surface area contributed by atoms with Gasteiger partial charge in [-0.05, 0) is 60.8 Å². The van der Waals surface area contributed by atoms with Gasteiger partial charge in [-0.25, -0.2) is 9.98 Å². The summed E-state index contributed by atoms with van der Waals surface area (Å²) in [6.45, 7) is 0. The molecule has 0 spiro atoms. The number of rotatable bonds is 6. The molecular weight excluding hydrogens is 440 g/mol. The Morgan fingerprint density at radius 1 is 0.611 bits per heavy atom. The summed E-state index contributed by atoms with van der Waals surface area (Å²) >= 11 is 0. The first-order valence-corrected chi connectivity index (χ1v) is 14.2. The lowest BCUT2D eigenvalue weighted by Gasteiger charge is -2.37. The fraction of sp³-hybridized carbons (Fsp3) is 0.455. The van der Waals surface area contributed by atoms with Crippen LogP contribution >= 0.6 is 0 Å². The Morgan fingerprint density at radius 3 is 1.81 bits per heavy atom. The third-order valence-electron chi connectivity index (χ3n) is 8.70. The van der Waals surface area contributed by atoms with Gasteiger partial charge in [0.1, 0.15) is 11.7 Å².